The zero-order valence-corrected chi connectivity index (χ0v) is 17.4. The van der Waals surface area contributed by atoms with Gasteiger partial charge in [0.25, 0.3) is 0 Å². The van der Waals surface area contributed by atoms with Gasteiger partial charge in [0.2, 0.25) is 11.8 Å². The summed E-state index contributed by atoms with van der Waals surface area (Å²) in [5.41, 5.74) is 6.19. The van der Waals surface area contributed by atoms with Crippen LogP contribution in [0.5, 0.6) is 0 Å². The summed E-state index contributed by atoms with van der Waals surface area (Å²) in [7, 11) is 0. The van der Waals surface area contributed by atoms with Crippen molar-refractivity contribution >= 4 is 23.9 Å². The molecule has 1 aliphatic rings. The summed E-state index contributed by atoms with van der Waals surface area (Å²) in [5.74, 6) is -1.84. The van der Waals surface area contributed by atoms with Crippen molar-refractivity contribution in [3.63, 3.8) is 0 Å². The molecular weight excluding hydrogens is 404 g/mol. The Morgan fingerprint density at radius 1 is 1.16 bits per heavy atom. The maximum Gasteiger partial charge on any atom is 0.408 e. The second-order valence-electron chi connectivity index (χ2n) is 7.39. The Labute approximate surface area is 181 Å². The average Bonchev–Trinajstić information content (AvgIpc) is 2.79. The Hall–Kier alpha value is -3.14. The minimum Gasteiger partial charge on any atom is -0.480 e. The number of benzene rings is 1. The highest BCUT2D eigenvalue weighted by Gasteiger charge is 2.28. The Bertz CT molecular complexity index is 749. The van der Waals surface area contributed by atoms with Gasteiger partial charge in [0.15, 0.2) is 0 Å². The highest BCUT2D eigenvalue weighted by atomic mass is 16.5. The lowest BCUT2D eigenvalue weighted by Gasteiger charge is -2.31. The van der Waals surface area contributed by atoms with E-state index in [1.165, 1.54) is 0 Å². The molecule has 1 aromatic rings. The van der Waals surface area contributed by atoms with Crippen molar-refractivity contribution in [1.82, 2.24) is 15.5 Å². The number of ether oxygens (including phenoxy) is 1. The molecule has 0 bridgehead atoms. The lowest BCUT2D eigenvalue weighted by atomic mass is 9.95. The number of amides is 3. The molecule has 1 heterocycles. The van der Waals surface area contributed by atoms with Crippen LogP contribution in [0.4, 0.5) is 4.79 Å². The van der Waals surface area contributed by atoms with Gasteiger partial charge in [0.1, 0.15) is 12.6 Å². The number of aliphatic carboxylic acids is 1. The summed E-state index contributed by atoms with van der Waals surface area (Å²) >= 11 is 0. The van der Waals surface area contributed by atoms with Crippen molar-refractivity contribution in [2.45, 2.75) is 38.3 Å². The van der Waals surface area contributed by atoms with Gasteiger partial charge < -0.3 is 31.1 Å². The summed E-state index contributed by atoms with van der Waals surface area (Å²) in [5, 5.41) is 14.2. The average molecular weight is 434 g/mol. The number of hydrogen-bond donors (Lipinski definition) is 4. The first-order valence-corrected chi connectivity index (χ1v) is 10.4. The predicted octanol–water partition coefficient (Wildman–Crippen LogP) is 0.460. The van der Waals surface area contributed by atoms with Gasteiger partial charge in [0, 0.05) is 32.0 Å². The smallest absolute Gasteiger partial charge is 0.408 e. The fourth-order valence-corrected chi connectivity index (χ4v) is 3.26. The molecule has 10 heteroatoms. The van der Waals surface area contributed by atoms with E-state index in [9.17, 15) is 24.3 Å². The summed E-state index contributed by atoms with van der Waals surface area (Å²) in [6, 6.07) is 7.67. The predicted molar refractivity (Wildman–Crippen MR) is 112 cm³/mol. The molecule has 3 amide bonds. The topological polar surface area (TPSA) is 151 Å². The highest BCUT2D eigenvalue weighted by Crippen LogP contribution is 2.18. The Balaban J connectivity index is 1.73. The molecule has 10 nitrogen and oxygen atoms in total. The van der Waals surface area contributed by atoms with Crippen molar-refractivity contribution < 1.29 is 29.0 Å². The first-order chi connectivity index (χ1) is 14.9. The van der Waals surface area contributed by atoms with Crippen LogP contribution in [-0.4, -0.2) is 66.1 Å². The Morgan fingerprint density at radius 2 is 1.84 bits per heavy atom. The van der Waals surface area contributed by atoms with Crippen molar-refractivity contribution in [3.8, 4) is 0 Å². The number of nitrogens with zero attached hydrogens (tertiary/aromatic N) is 1. The molecule has 1 aliphatic heterocycles. The molecule has 0 spiro atoms. The molecule has 0 saturated carbocycles. The summed E-state index contributed by atoms with van der Waals surface area (Å²) in [4.78, 5) is 49.5. The molecule has 1 atom stereocenters. The minimum absolute atomic E-state index is 0.00788. The SMILES string of the molecule is NCCCC(=O)N1CCC(C(=O)NC[C@H](NC(=O)OCc2ccccc2)C(=O)O)CC1. The lowest BCUT2D eigenvalue weighted by Crippen LogP contribution is -2.50. The zero-order valence-electron chi connectivity index (χ0n) is 17.4. The molecule has 2 rings (SSSR count). The Kier molecular flexibility index (Phi) is 9.76. The number of alkyl carbamates (subject to hydrolysis) is 1. The summed E-state index contributed by atoms with van der Waals surface area (Å²) in [6.45, 7) is 1.17. The molecule has 1 fully saturated rings. The van der Waals surface area contributed by atoms with Crippen molar-refractivity contribution in [1.29, 1.82) is 0 Å². The number of nitrogens with two attached hydrogens (primary N) is 1. The first-order valence-electron chi connectivity index (χ1n) is 10.4. The van der Waals surface area contributed by atoms with E-state index in [2.05, 4.69) is 10.6 Å². The van der Waals surface area contributed by atoms with Crippen molar-refractivity contribution in [3.05, 3.63) is 35.9 Å². The molecule has 0 aliphatic carbocycles. The van der Waals surface area contributed by atoms with Crippen molar-refractivity contribution in [2.75, 3.05) is 26.2 Å². The molecule has 1 aromatic carbocycles. The van der Waals surface area contributed by atoms with E-state index >= 15 is 0 Å². The number of piperidine rings is 1. The number of nitrogens with one attached hydrogen (secondary N) is 2. The number of carbonyl (C=O) groups is 4. The quantitative estimate of drug-likeness (QED) is 0.417. The van der Waals surface area contributed by atoms with Crippen LogP contribution in [0.3, 0.4) is 0 Å². The Morgan fingerprint density at radius 3 is 2.45 bits per heavy atom. The normalized spacial score (nSPS) is 15.1. The van der Waals surface area contributed by atoms with E-state index in [1.807, 2.05) is 6.07 Å². The number of hydrogen-bond acceptors (Lipinski definition) is 6. The number of likely N-dealkylation sites (tertiary alicyclic amines) is 1. The molecule has 0 aromatic heterocycles. The van der Waals surface area contributed by atoms with Gasteiger partial charge in [0.05, 0.1) is 0 Å². The van der Waals surface area contributed by atoms with Gasteiger partial charge in [-0.05, 0) is 31.4 Å². The standard InChI is InChI=1S/C21H30N4O6/c22-10-4-7-18(26)25-11-8-16(9-12-25)19(27)23-13-17(20(28)29)24-21(30)31-14-15-5-2-1-3-6-15/h1-3,5-6,16-17H,4,7-14,22H2,(H,23,27)(H,24,30)(H,28,29)/t17-/m0/s1. The number of carbonyl (C=O) groups excluding carboxylic acids is 3. The molecule has 0 radical (unpaired) electrons. The number of carboxylic acids is 1. The van der Waals surface area contributed by atoms with Crippen LogP contribution < -0.4 is 16.4 Å². The third-order valence-corrected chi connectivity index (χ3v) is 5.10. The molecule has 0 unspecified atom stereocenters. The van der Waals surface area contributed by atoms with Gasteiger partial charge in [-0.2, -0.15) is 0 Å². The maximum absolute atomic E-state index is 12.4. The van der Waals surface area contributed by atoms with Crippen LogP contribution in [0, 0.1) is 5.92 Å². The fraction of sp³-hybridized carbons (Fsp3) is 0.524. The van der Waals surface area contributed by atoms with Crippen LogP contribution in [0.1, 0.15) is 31.2 Å². The first kappa shape index (κ1) is 24.1. The van der Waals surface area contributed by atoms with Gasteiger partial charge in [-0.1, -0.05) is 30.3 Å². The molecule has 5 N–H and O–H groups in total. The largest absolute Gasteiger partial charge is 0.480 e. The highest BCUT2D eigenvalue weighted by molar-refractivity contribution is 5.83. The second kappa shape index (κ2) is 12.5. The van der Waals surface area contributed by atoms with Gasteiger partial charge in [-0.15, -0.1) is 0 Å². The van der Waals surface area contributed by atoms with E-state index in [0.29, 0.717) is 45.3 Å². The molecular formula is C21H30N4O6. The van der Waals surface area contributed by atoms with Crippen LogP contribution >= 0.6 is 0 Å². The number of rotatable bonds is 10. The minimum atomic E-state index is -1.31. The third kappa shape index (κ3) is 8.25. The van der Waals surface area contributed by atoms with Gasteiger partial charge in [-0.25, -0.2) is 9.59 Å². The van der Waals surface area contributed by atoms with Crippen LogP contribution in [0.25, 0.3) is 0 Å². The molecule has 31 heavy (non-hydrogen) atoms. The van der Waals surface area contributed by atoms with E-state index in [0.717, 1.165) is 5.56 Å². The monoisotopic (exact) mass is 434 g/mol. The summed E-state index contributed by atoms with van der Waals surface area (Å²) in [6.07, 6.45) is 1.17. The zero-order chi connectivity index (χ0) is 22.6. The molecule has 1 saturated heterocycles. The number of carboxylic acid groups (broad SMARTS) is 1. The van der Waals surface area contributed by atoms with Crippen LogP contribution in [0.2, 0.25) is 0 Å². The maximum atomic E-state index is 12.4. The van der Waals surface area contributed by atoms with E-state index in [-0.39, 0.29) is 30.9 Å². The molecule has 170 valence electrons. The van der Waals surface area contributed by atoms with E-state index in [4.69, 9.17) is 10.5 Å². The second-order valence-corrected chi connectivity index (χ2v) is 7.39. The third-order valence-electron chi connectivity index (χ3n) is 5.10. The summed E-state index contributed by atoms with van der Waals surface area (Å²) < 4.78 is 5.02. The van der Waals surface area contributed by atoms with E-state index < -0.39 is 18.1 Å². The van der Waals surface area contributed by atoms with E-state index in [1.54, 1.807) is 29.2 Å². The van der Waals surface area contributed by atoms with Crippen LogP contribution in [0.15, 0.2) is 30.3 Å². The lowest BCUT2D eigenvalue weighted by molar-refractivity contribution is -0.140. The van der Waals surface area contributed by atoms with Gasteiger partial charge in [-0.3, -0.25) is 9.59 Å². The van der Waals surface area contributed by atoms with Crippen LogP contribution in [-0.2, 0) is 25.7 Å². The fourth-order valence-electron chi connectivity index (χ4n) is 3.26. The van der Waals surface area contributed by atoms with Crippen molar-refractivity contribution in [2.24, 2.45) is 11.7 Å². The van der Waals surface area contributed by atoms with Gasteiger partial charge >= 0.3 is 12.1 Å².